The lowest BCUT2D eigenvalue weighted by atomic mass is 10.1. The van der Waals surface area contributed by atoms with Gasteiger partial charge in [0.15, 0.2) is 0 Å². The Labute approximate surface area is 121 Å². The largest absolute Gasteiger partial charge is 0.339 e. The summed E-state index contributed by atoms with van der Waals surface area (Å²) in [4.78, 5) is 27.3. The summed E-state index contributed by atoms with van der Waals surface area (Å²) in [5.41, 5.74) is -0.514. The number of carbonyl (C=O) groups excluding carboxylic acids is 2. The lowest BCUT2D eigenvalue weighted by Crippen LogP contribution is -2.51. The van der Waals surface area contributed by atoms with Crippen LogP contribution in [0.2, 0.25) is 0 Å². The third kappa shape index (κ3) is 2.75. The first kappa shape index (κ1) is 14.0. The quantitative estimate of drug-likeness (QED) is 0.832. The van der Waals surface area contributed by atoms with E-state index in [1.165, 1.54) is 11.0 Å². The standard InChI is InChI=1S/C15H16F2N2O2/c16-11-2-1-3-12(17)13(11)15(21)19-8-6-18(7-9-19)14(20)10-4-5-10/h1-3,10H,4-9H2. The average Bonchev–Trinajstić information content (AvgIpc) is 3.31. The molecule has 6 heteroatoms. The maximum atomic E-state index is 13.6. The van der Waals surface area contributed by atoms with Crippen molar-refractivity contribution in [3.05, 3.63) is 35.4 Å². The summed E-state index contributed by atoms with van der Waals surface area (Å²) in [6.07, 6.45) is 1.89. The lowest BCUT2D eigenvalue weighted by molar-refractivity contribution is -0.134. The number of hydrogen-bond acceptors (Lipinski definition) is 2. The fourth-order valence-corrected chi connectivity index (χ4v) is 2.58. The minimum atomic E-state index is -0.850. The van der Waals surface area contributed by atoms with Gasteiger partial charge in [-0.25, -0.2) is 8.78 Å². The summed E-state index contributed by atoms with van der Waals surface area (Å²) in [5.74, 6) is -2.06. The molecule has 4 nitrogen and oxygen atoms in total. The minimum absolute atomic E-state index is 0.138. The molecule has 0 atom stereocenters. The van der Waals surface area contributed by atoms with E-state index < -0.39 is 23.1 Å². The van der Waals surface area contributed by atoms with Gasteiger partial charge in [0, 0.05) is 32.1 Å². The normalized spacial score (nSPS) is 18.8. The molecule has 1 aliphatic carbocycles. The van der Waals surface area contributed by atoms with Crippen molar-refractivity contribution in [1.82, 2.24) is 9.80 Å². The van der Waals surface area contributed by atoms with Crippen molar-refractivity contribution < 1.29 is 18.4 Å². The molecule has 0 spiro atoms. The molecule has 0 bridgehead atoms. The molecule has 1 heterocycles. The van der Waals surface area contributed by atoms with Gasteiger partial charge in [0.1, 0.15) is 17.2 Å². The van der Waals surface area contributed by atoms with Crippen molar-refractivity contribution >= 4 is 11.8 Å². The molecule has 2 aliphatic rings. The number of nitrogens with zero attached hydrogens (tertiary/aromatic N) is 2. The molecule has 3 rings (SSSR count). The lowest BCUT2D eigenvalue weighted by Gasteiger charge is -2.35. The van der Waals surface area contributed by atoms with Crippen molar-refractivity contribution in [1.29, 1.82) is 0 Å². The minimum Gasteiger partial charge on any atom is -0.339 e. The highest BCUT2D eigenvalue weighted by Crippen LogP contribution is 2.31. The van der Waals surface area contributed by atoms with Gasteiger partial charge < -0.3 is 9.80 Å². The second kappa shape index (κ2) is 5.42. The molecule has 0 aromatic heterocycles. The first-order valence-corrected chi connectivity index (χ1v) is 7.10. The molecule has 2 fully saturated rings. The second-order valence-electron chi connectivity index (χ2n) is 5.49. The number of carbonyl (C=O) groups is 2. The van der Waals surface area contributed by atoms with Crippen LogP contribution in [0.25, 0.3) is 0 Å². The molecule has 1 saturated heterocycles. The van der Waals surface area contributed by atoms with Crippen LogP contribution in [-0.2, 0) is 4.79 Å². The van der Waals surface area contributed by atoms with Crippen LogP contribution in [0.4, 0.5) is 8.78 Å². The maximum Gasteiger partial charge on any atom is 0.259 e. The van der Waals surface area contributed by atoms with Crippen molar-refractivity contribution in [2.24, 2.45) is 5.92 Å². The van der Waals surface area contributed by atoms with E-state index in [-0.39, 0.29) is 11.8 Å². The highest BCUT2D eigenvalue weighted by molar-refractivity contribution is 5.95. The van der Waals surface area contributed by atoms with Crippen LogP contribution < -0.4 is 0 Å². The number of piperazine rings is 1. The van der Waals surface area contributed by atoms with E-state index >= 15 is 0 Å². The molecule has 0 radical (unpaired) electrons. The van der Waals surface area contributed by atoms with Gasteiger partial charge in [-0.2, -0.15) is 0 Å². The Hall–Kier alpha value is -1.98. The van der Waals surface area contributed by atoms with Crippen LogP contribution in [0.1, 0.15) is 23.2 Å². The van der Waals surface area contributed by atoms with Gasteiger partial charge in [0.25, 0.3) is 5.91 Å². The van der Waals surface area contributed by atoms with E-state index in [1.54, 1.807) is 4.90 Å². The van der Waals surface area contributed by atoms with Crippen molar-refractivity contribution in [3.8, 4) is 0 Å². The van der Waals surface area contributed by atoms with Gasteiger partial charge in [0.05, 0.1) is 0 Å². The van der Waals surface area contributed by atoms with Gasteiger partial charge in [-0.3, -0.25) is 9.59 Å². The molecule has 21 heavy (non-hydrogen) atoms. The van der Waals surface area contributed by atoms with Crippen LogP contribution in [0.3, 0.4) is 0 Å². The van der Waals surface area contributed by atoms with E-state index in [1.807, 2.05) is 0 Å². The fraction of sp³-hybridized carbons (Fsp3) is 0.467. The summed E-state index contributed by atoms with van der Waals surface area (Å²) in [6.45, 7) is 1.48. The Bertz CT molecular complexity index is 559. The number of benzene rings is 1. The Morgan fingerprint density at radius 3 is 2.00 bits per heavy atom. The summed E-state index contributed by atoms with van der Waals surface area (Å²) < 4.78 is 27.2. The summed E-state index contributed by atoms with van der Waals surface area (Å²) in [5, 5.41) is 0. The molecule has 0 unspecified atom stereocenters. The Morgan fingerprint density at radius 1 is 0.952 bits per heavy atom. The number of amides is 2. The van der Waals surface area contributed by atoms with Gasteiger partial charge in [-0.15, -0.1) is 0 Å². The molecule has 1 saturated carbocycles. The third-order valence-electron chi connectivity index (χ3n) is 3.98. The van der Waals surface area contributed by atoms with Gasteiger partial charge in [-0.05, 0) is 25.0 Å². The van der Waals surface area contributed by atoms with Gasteiger partial charge in [0.2, 0.25) is 5.91 Å². The maximum absolute atomic E-state index is 13.6. The number of halogens is 2. The molecule has 2 amide bonds. The van der Waals surface area contributed by atoms with Gasteiger partial charge >= 0.3 is 0 Å². The zero-order valence-electron chi connectivity index (χ0n) is 11.5. The smallest absolute Gasteiger partial charge is 0.259 e. The monoisotopic (exact) mass is 294 g/mol. The van der Waals surface area contributed by atoms with Crippen LogP contribution in [0.5, 0.6) is 0 Å². The highest BCUT2D eigenvalue weighted by Gasteiger charge is 2.35. The van der Waals surface area contributed by atoms with Crippen LogP contribution in [0.15, 0.2) is 18.2 Å². The first-order chi connectivity index (χ1) is 10.1. The summed E-state index contributed by atoms with van der Waals surface area (Å²) in [6, 6.07) is 3.38. The van der Waals surface area contributed by atoms with E-state index in [0.717, 1.165) is 25.0 Å². The van der Waals surface area contributed by atoms with E-state index in [9.17, 15) is 18.4 Å². The van der Waals surface area contributed by atoms with Crippen molar-refractivity contribution in [2.75, 3.05) is 26.2 Å². The van der Waals surface area contributed by atoms with Crippen molar-refractivity contribution in [2.45, 2.75) is 12.8 Å². The highest BCUT2D eigenvalue weighted by atomic mass is 19.1. The van der Waals surface area contributed by atoms with Crippen LogP contribution in [0, 0.1) is 17.6 Å². The number of hydrogen-bond donors (Lipinski definition) is 0. The third-order valence-corrected chi connectivity index (χ3v) is 3.98. The fourth-order valence-electron chi connectivity index (χ4n) is 2.58. The molecule has 112 valence electrons. The van der Waals surface area contributed by atoms with Crippen molar-refractivity contribution in [3.63, 3.8) is 0 Å². The molecular weight excluding hydrogens is 278 g/mol. The second-order valence-corrected chi connectivity index (χ2v) is 5.49. The molecule has 1 aromatic carbocycles. The van der Waals surface area contributed by atoms with Crippen LogP contribution >= 0.6 is 0 Å². The van der Waals surface area contributed by atoms with Crippen LogP contribution in [-0.4, -0.2) is 47.8 Å². The zero-order chi connectivity index (χ0) is 15.0. The Morgan fingerprint density at radius 2 is 1.48 bits per heavy atom. The van der Waals surface area contributed by atoms with Gasteiger partial charge in [-0.1, -0.05) is 6.07 Å². The summed E-state index contributed by atoms with van der Waals surface area (Å²) in [7, 11) is 0. The van der Waals surface area contributed by atoms with E-state index in [4.69, 9.17) is 0 Å². The average molecular weight is 294 g/mol. The first-order valence-electron chi connectivity index (χ1n) is 7.10. The molecule has 1 aliphatic heterocycles. The SMILES string of the molecule is O=C(c1c(F)cccc1F)N1CCN(C(=O)C2CC2)CC1. The molecular formula is C15H16F2N2O2. The van der Waals surface area contributed by atoms with E-state index in [2.05, 4.69) is 0 Å². The molecule has 1 aromatic rings. The Balaban J connectivity index is 1.66. The van der Waals surface area contributed by atoms with E-state index in [0.29, 0.717) is 26.2 Å². The zero-order valence-corrected chi connectivity index (χ0v) is 11.5. The number of rotatable bonds is 2. The molecule has 0 N–H and O–H groups in total. The predicted molar refractivity (Wildman–Crippen MR) is 71.6 cm³/mol. The summed E-state index contributed by atoms with van der Waals surface area (Å²) >= 11 is 0. The Kier molecular flexibility index (Phi) is 3.61. The topological polar surface area (TPSA) is 40.6 Å². The predicted octanol–water partition coefficient (Wildman–Crippen LogP) is 1.66.